The fourth-order valence-corrected chi connectivity index (χ4v) is 3.35. The molecule has 2 aromatic rings. The Hall–Kier alpha value is -1.78. The SMILES string of the molecule is N#C/C(=C/c1cc(Cl)cc(Cl)c1Cl)S(=O)(=O)Nc1ccc(F)cc1. The van der Waals surface area contributed by atoms with Gasteiger partial charge in [0.1, 0.15) is 11.9 Å². The van der Waals surface area contributed by atoms with E-state index in [0.717, 1.165) is 18.2 Å². The quantitative estimate of drug-likeness (QED) is 0.569. The molecule has 0 heterocycles. The summed E-state index contributed by atoms with van der Waals surface area (Å²) >= 11 is 17.7. The molecule has 0 bridgehead atoms. The first-order chi connectivity index (χ1) is 11.2. The predicted molar refractivity (Wildman–Crippen MR) is 94.0 cm³/mol. The van der Waals surface area contributed by atoms with Crippen molar-refractivity contribution in [3.8, 4) is 6.07 Å². The molecule has 0 saturated carbocycles. The summed E-state index contributed by atoms with van der Waals surface area (Å²) in [5.41, 5.74) is 0.281. The van der Waals surface area contributed by atoms with E-state index in [4.69, 9.17) is 40.1 Å². The Morgan fingerprint density at radius 2 is 1.79 bits per heavy atom. The van der Waals surface area contributed by atoms with Gasteiger partial charge < -0.3 is 0 Å². The third kappa shape index (κ3) is 4.40. The number of nitrogens with zero attached hydrogens (tertiary/aromatic N) is 1. The molecular formula is C15H8Cl3FN2O2S. The van der Waals surface area contributed by atoms with E-state index in [9.17, 15) is 12.8 Å². The minimum Gasteiger partial charge on any atom is -0.279 e. The Bertz CT molecular complexity index is 952. The average Bonchev–Trinajstić information content (AvgIpc) is 2.51. The van der Waals surface area contributed by atoms with Crippen LogP contribution < -0.4 is 4.72 Å². The van der Waals surface area contributed by atoms with Crippen LogP contribution in [0.4, 0.5) is 10.1 Å². The highest BCUT2D eigenvalue weighted by molar-refractivity contribution is 7.96. The number of nitrogens with one attached hydrogen (secondary N) is 1. The summed E-state index contributed by atoms with van der Waals surface area (Å²) in [7, 11) is -4.20. The van der Waals surface area contributed by atoms with Crippen LogP contribution in [0.5, 0.6) is 0 Å². The van der Waals surface area contributed by atoms with Crippen LogP contribution in [0.2, 0.25) is 15.1 Å². The number of nitriles is 1. The maximum Gasteiger partial charge on any atom is 0.272 e. The van der Waals surface area contributed by atoms with Crippen molar-refractivity contribution >= 4 is 56.6 Å². The monoisotopic (exact) mass is 404 g/mol. The number of allylic oxidation sites excluding steroid dienone is 1. The first-order valence-corrected chi connectivity index (χ1v) is 8.89. The molecule has 0 fully saturated rings. The molecule has 0 saturated heterocycles. The first-order valence-electron chi connectivity index (χ1n) is 6.27. The smallest absolute Gasteiger partial charge is 0.272 e. The summed E-state index contributed by atoms with van der Waals surface area (Å²) in [6.45, 7) is 0. The number of halogens is 4. The second-order valence-electron chi connectivity index (χ2n) is 4.52. The van der Waals surface area contributed by atoms with Crippen molar-refractivity contribution in [1.82, 2.24) is 0 Å². The summed E-state index contributed by atoms with van der Waals surface area (Å²) in [5.74, 6) is -0.519. The van der Waals surface area contributed by atoms with Crippen LogP contribution in [-0.2, 0) is 10.0 Å². The molecule has 0 aliphatic heterocycles. The zero-order valence-electron chi connectivity index (χ0n) is 11.7. The highest BCUT2D eigenvalue weighted by Crippen LogP contribution is 2.31. The molecule has 9 heteroatoms. The molecule has 0 aliphatic rings. The average molecular weight is 406 g/mol. The molecule has 24 heavy (non-hydrogen) atoms. The zero-order valence-corrected chi connectivity index (χ0v) is 14.8. The fourth-order valence-electron chi connectivity index (χ4n) is 1.72. The lowest BCUT2D eigenvalue weighted by molar-refractivity contribution is 0.608. The highest BCUT2D eigenvalue weighted by atomic mass is 35.5. The maximum absolute atomic E-state index is 12.9. The summed E-state index contributed by atoms with van der Waals surface area (Å²) in [5, 5.41) is 9.58. The van der Waals surface area contributed by atoms with E-state index in [1.54, 1.807) is 6.07 Å². The van der Waals surface area contributed by atoms with E-state index in [1.807, 2.05) is 0 Å². The summed E-state index contributed by atoms with van der Waals surface area (Å²) < 4.78 is 39.6. The second-order valence-corrected chi connectivity index (χ2v) is 7.40. The standard InChI is InChI=1S/C15H8Cl3FN2O2S/c16-10-5-9(15(18)14(17)7-10)6-13(8-20)24(22,23)21-12-3-1-11(19)2-4-12/h1-7,21H/b13-6-. The molecule has 2 aromatic carbocycles. The number of benzene rings is 2. The van der Waals surface area contributed by atoms with Gasteiger partial charge >= 0.3 is 0 Å². The Labute approximate surface area is 153 Å². The van der Waals surface area contributed by atoms with Gasteiger partial charge in [0, 0.05) is 10.7 Å². The van der Waals surface area contributed by atoms with Gasteiger partial charge in [0.2, 0.25) is 0 Å². The van der Waals surface area contributed by atoms with Crippen LogP contribution in [-0.4, -0.2) is 8.42 Å². The topological polar surface area (TPSA) is 70.0 Å². The van der Waals surface area contributed by atoms with Crippen molar-refractivity contribution in [2.75, 3.05) is 4.72 Å². The lowest BCUT2D eigenvalue weighted by Crippen LogP contribution is -2.14. The van der Waals surface area contributed by atoms with Crippen molar-refractivity contribution in [2.45, 2.75) is 0 Å². The zero-order chi connectivity index (χ0) is 17.9. The Balaban J connectivity index is 2.43. The van der Waals surface area contributed by atoms with E-state index in [1.165, 1.54) is 24.3 Å². The molecule has 0 spiro atoms. The molecule has 0 amide bonds. The van der Waals surface area contributed by atoms with Gasteiger partial charge in [-0.3, -0.25) is 4.72 Å². The summed E-state index contributed by atoms with van der Waals surface area (Å²) in [6.07, 6.45) is 1.05. The largest absolute Gasteiger partial charge is 0.279 e. The molecule has 1 N–H and O–H groups in total. The van der Waals surface area contributed by atoms with Crippen LogP contribution in [0.3, 0.4) is 0 Å². The van der Waals surface area contributed by atoms with Crippen molar-refractivity contribution in [2.24, 2.45) is 0 Å². The molecule has 0 aliphatic carbocycles. The van der Waals surface area contributed by atoms with E-state index in [-0.39, 0.29) is 26.3 Å². The maximum atomic E-state index is 12.9. The van der Waals surface area contributed by atoms with Crippen molar-refractivity contribution in [3.63, 3.8) is 0 Å². The Morgan fingerprint density at radius 1 is 1.17 bits per heavy atom. The van der Waals surface area contributed by atoms with Gasteiger partial charge in [0.15, 0.2) is 4.91 Å². The molecule has 0 unspecified atom stereocenters. The van der Waals surface area contributed by atoms with Crippen LogP contribution in [0.25, 0.3) is 6.08 Å². The molecule has 4 nitrogen and oxygen atoms in total. The molecule has 0 atom stereocenters. The minimum atomic E-state index is -4.20. The van der Waals surface area contributed by atoms with Gasteiger partial charge in [0.05, 0.1) is 10.0 Å². The van der Waals surface area contributed by atoms with Gasteiger partial charge in [-0.05, 0) is 48.0 Å². The molecule has 0 aromatic heterocycles. The van der Waals surface area contributed by atoms with E-state index >= 15 is 0 Å². The number of sulfonamides is 1. The van der Waals surface area contributed by atoms with Crippen molar-refractivity contribution < 1.29 is 12.8 Å². The lowest BCUT2D eigenvalue weighted by Gasteiger charge is -2.08. The van der Waals surface area contributed by atoms with E-state index in [0.29, 0.717) is 0 Å². The highest BCUT2D eigenvalue weighted by Gasteiger charge is 2.19. The predicted octanol–water partition coefficient (Wildman–Crippen LogP) is 5.09. The Kier molecular flexibility index (Phi) is 5.73. The summed E-state index contributed by atoms with van der Waals surface area (Å²) in [6, 6.07) is 8.97. The molecular weight excluding hydrogens is 398 g/mol. The van der Waals surface area contributed by atoms with Crippen molar-refractivity contribution in [3.05, 3.63) is 67.8 Å². The third-order valence-electron chi connectivity index (χ3n) is 2.80. The molecule has 0 radical (unpaired) electrons. The third-order valence-corrected chi connectivity index (χ3v) is 5.13. The summed E-state index contributed by atoms with van der Waals surface area (Å²) in [4.78, 5) is -0.605. The fraction of sp³-hybridized carbons (Fsp3) is 0. The van der Waals surface area contributed by atoms with E-state index in [2.05, 4.69) is 4.72 Å². The number of hydrogen-bond donors (Lipinski definition) is 1. The van der Waals surface area contributed by atoms with Gasteiger partial charge in [-0.2, -0.15) is 5.26 Å². The van der Waals surface area contributed by atoms with Crippen LogP contribution in [0.15, 0.2) is 41.3 Å². The minimum absolute atomic E-state index is 0.0609. The normalized spacial score (nSPS) is 11.9. The molecule has 2 rings (SSSR count). The van der Waals surface area contributed by atoms with Gasteiger partial charge in [-0.25, -0.2) is 12.8 Å². The molecule has 124 valence electrons. The second kappa shape index (κ2) is 7.41. The van der Waals surface area contributed by atoms with Crippen LogP contribution in [0.1, 0.15) is 5.56 Å². The lowest BCUT2D eigenvalue weighted by atomic mass is 10.2. The van der Waals surface area contributed by atoms with Gasteiger partial charge in [-0.15, -0.1) is 0 Å². The van der Waals surface area contributed by atoms with Crippen LogP contribution >= 0.6 is 34.8 Å². The number of rotatable bonds is 4. The van der Waals surface area contributed by atoms with Crippen LogP contribution in [0, 0.1) is 17.1 Å². The van der Waals surface area contributed by atoms with Gasteiger partial charge in [-0.1, -0.05) is 34.8 Å². The Morgan fingerprint density at radius 3 is 2.38 bits per heavy atom. The van der Waals surface area contributed by atoms with Gasteiger partial charge in [0.25, 0.3) is 10.0 Å². The van der Waals surface area contributed by atoms with Crippen molar-refractivity contribution in [1.29, 1.82) is 5.26 Å². The van der Waals surface area contributed by atoms with E-state index < -0.39 is 20.7 Å². The number of hydrogen-bond acceptors (Lipinski definition) is 3. The number of anilines is 1. The first kappa shape index (κ1) is 18.6.